The number of carbonyl (C=O) groups is 1. The van der Waals surface area contributed by atoms with Crippen molar-refractivity contribution in [3.05, 3.63) is 35.9 Å². The zero-order valence-electron chi connectivity index (χ0n) is 16.5. The summed E-state index contributed by atoms with van der Waals surface area (Å²) in [6.07, 6.45) is 4.43. The number of guanidine groups is 1. The van der Waals surface area contributed by atoms with Crippen LogP contribution in [-0.2, 0) is 11.3 Å². The van der Waals surface area contributed by atoms with Crippen LogP contribution in [0.25, 0.3) is 0 Å². The van der Waals surface area contributed by atoms with E-state index >= 15 is 0 Å². The van der Waals surface area contributed by atoms with E-state index in [0.717, 1.165) is 70.9 Å². The van der Waals surface area contributed by atoms with Gasteiger partial charge in [-0.3, -0.25) is 9.69 Å². The third-order valence-corrected chi connectivity index (χ3v) is 5.35. The van der Waals surface area contributed by atoms with Gasteiger partial charge in [-0.15, -0.1) is 0 Å². The monoisotopic (exact) mass is 371 g/mol. The average molecular weight is 372 g/mol. The molecule has 2 heterocycles. The number of likely N-dealkylation sites (tertiary alicyclic amines) is 2. The maximum Gasteiger partial charge on any atom is 0.244 e. The standard InChI is InChI=1S/C21H33N5O/c1-2-22-21(23-16-20(27)26-12-6-7-13-26)24-19-10-14-25(15-11-19)17-18-8-4-3-5-9-18/h3-5,8-9,19H,2,6-7,10-17H2,1H3,(H2,22,23,24). The number of benzene rings is 1. The molecule has 6 nitrogen and oxygen atoms in total. The van der Waals surface area contributed by atoms with E-state index in [-0.39, 0.29) is 12.5 Å². The predicted octanol–water partition coefficient (Wildman–Crippen LogP) is 1.83. The lowest BCUT2D eigenvalue weighted by atomic mass is 10.0. The zero-order chi connectivity index (χ0) is 18.9. The minimum atomic E-state index is 0.141. The molecule has 27 heavy (non-hydrogen) atoms. The van der Waals surface area contributed by atoms with Gasteiger partial charge in [-0.25, -0.2) is 4.99 Å². The van der Waals surface area contributed by atoms with Gasteiger partial charge < -0.3 is 15.5 Å². The van der Waals surface area contributed by atoms with Crippen LogP contribution in [-0.4, -0.2) is 67.0 Å². The molecule has 0 bridgehead atoms. The quantitative estimate of drug-likeness (QED) is 0.592. The smallest absolute Gasteiger partial charge is 0.244 e. The first-order chi connectivity index (χ1) is 13.2. The Morgan fingerprint density at radius 1 is 1.11 bits per heavy atom. The van der Waals surface area contributed by atoms with E-state index < -0.39 is 0 Å². The number of nitrogens with zero attached hydrogens (tertiary/aromatic N) is 3. The fourth-order valence-corrected chi connectivity index (χ4v) is 3.80. The number of amides is 1. The molecule has 2 saturated heterocycles. The van der Waals surface area contributed by atoms with Crippen LogP contribution in [0.5, 0.6) is 0 Å². The molecule has 1 amide bonds. The van der Waals surface area contributed by atoms with Gasteiger partial charge >= 0.3 is 0 Å². The molecule has 2 N–H and O–H groups in total. The highest BCUT2D eigenvalue weighted by Gasteiger charge is 2.21. The lowest BCUT2D eigenvalue weighted by molar-refractivity contribution is -0.128. The van der Waals surface area contributed by atoms with Crippen molar-refractivity contribution in [1.29, 1.82) is 0 Å². The van der Waals surface area contributed by atoms with Crippen LogP contribution in [0, 0.1) is 0 Å². The number of carbonyl (C=O) groups excluding carboxylic acids is 1. The van der Waals surface area contributed by atoms with Gasteiger partial charge in [0.15, 0.2) is 5.96 Å². The Morgan fingerprint density at radius 2 is 1.81 bits per heavy atom. The molecule has 1 aromatic carbocycles. The molecule has 6 heteroatoms. The molecular weight excluding hydrogens is 338 g/mol. The fourth-order valence-electron chi connectivity index (χ4n) is 3.80. The Balaban J connectivity index is 1.44. The summed E-state index contributed by atoms with van der Waals surface area (Å²) in [4.78, 5) is 21.2. The highest BCUT2D eigenvalue weighted by molar-refractivity contribution is 5.85. The Bertz CT molecular complexity index is 604. The highest BCUT2D eigenvalue weighted by atomic mass is 16.2. The normalized spacial score (nSPS) is 19.3. The summed E-state index contributed by atoms with van der Waals surface area (Å²) in [5, 5.41) is 6.81. The van der Waals surface area contributed by atoms with Gasteiger partial charge in [-0.1, -0.05) is 30.3 Å². The highest BCUT2D eigenvalue weighted by Crippen LogP contribution is 2.14. The lowest BCUT2D eigenvalue weighted by Crippen LogP contribution is -2.48. The van der Waals surface area contributed by atoms with Crippen molar-refractivity contribution in [2.24, 2.45) is 4.99 Å². The third-order valence-electron chi connectivity index (χ3n) is 5.35. The van der Waals surface area contributed by atoms with Crippen molar-refractivity contribution in [3.63, 3.8) is 0 Å². The largest absolute Gasteiger partial charge is 0.357 e. The van der Waals surface area contributed by atoms with Gasteiger partial charge in [0.05, 0.1) is 0 Å². The first-order valence-electron chi connectivity index (χ1n) is 10.3. The van der Waals surface area contributed by atoms with E-state index in [1.807, 2.05) is 4.90 Å². The molecule has 0 spiro atoms. The Kier molecular flexibility index (Phi) is 7.51. The molecule has 0 radical (unpaired) electrons. The summed E-state index contributed by atoms with van der Waals surface area (Å²) in [6, 6.07) is 11.1. The van der Waals surface area contributed by atoms with E-state index in [9.17, 15) is 4.79 Å². The summed E-state index contributed by atoms with van der Waals surface area (Å²) in [5.74, 6) is 0.911. The molecule has 2 aliphatic heterocycles. The Hall–Kier alpha value is -2.08. The van der Waals surface area contributed by atoms with Gasteiger partial charge in [0.2, 0.25) is 5.91 Å². The topological polar surface area (TPSA) is 60.0 Å². The molecule has 0 saturated carbocycles. The SMILES string of the molecule is CCNC(=NCC(=O)N1CCCC1)NC1CCN(Cc2ccccc2)CC1. The number of rotatable bonds is 6. The van der Waals surface area contributed by atoms with E-state index in [2.05, 4.69) is 57.8 Å². The molecule has 3 rings (SSSR count). The van der Waals surface area contributed by atoms with Crippen LogP contribution in [0.15, 0.2) is 35.3 Å². The molecule has 2 fully saturated rings. The van der Waals surface area contributed by atoms with Crippen LogP contribution in [0.1, 0.15) is 38.2 Å². The van der Waals surface area contributed by atoms with Gasteiger partial charge in [-0.05, 0) is 38.2 Å². The zero-order valence-corrected chi connectivity index (χ0v) is 16.5. The third kappa shape index (κ3) is 6.24. The van der Waals surface area contributed by atoms with Gasteiger partial charge in [0, 0.05) is 45.3 Å². The number of nitrogens with one attached hydrogen (secondary N) is 2. The van der Waals surface area contributed by atoms with Crippen molar-refractivity contribution in [2.75, 3.05) is 39.3 Å². The molecule has 0 aromatic heterocycles. The maximum atomic E-state index is 12.2. The van der Waals surface area contributed by atoms with Gasteiger partial charge in [0.25, 0.3) is 0 Å². The number of aliphatic imine (C=N–C) groups is 1. The van der Waals surface area contributed by atoms with Crippen molar-refractivity contribution in [2.45, 2.75) is 45.2 Å². The fraction of sp³-hybridized carbons (Fsp3) is 0.619. The Labute approximate surface area is 163 Å². The predicted molar refractivity (Wildman–Crippen MR) is 110 cm³/mol. The molecule has 0 unspecified atom stereocenters. The van der Waals surface area contributed by atoms with Crippen molar-refractivity contribution < 1.29 is 4.79 Å². The van der Waals surface area contributed by atoms with Crippen molar-refractivity contribution in [1.82, 2.24) is 20.4 Å². The van der Waals surface area contributed by atoms with E-state index in [4.69, 9.17) is 0 Å². The number of hydrogen-bond acceptors (Lipinski definition) is 3. The minimum Gasteiger partial charge on any atom is -0.357 e. The lowest BCUT2D eigenvalue weighted by Gasteiger charge is -2.33. The van der Waals surface area contributed by atoms with Crippen LogP contribution in [0.4, 0.5) is 0 Å². The summed E-state index contributed by atoms with van der Waals surface area (Å²) >= 11 is 0. The summed E-state index contributed by atoms with van der Waals surface area (Å²) in [5.41, 5.74) is 1.37. The Morgan fingerprint density at radius 3 is 2.48 bits per heavy atom. The van der Waals surface area contributed by atoms with Crippen LogP contribution < -0.4 is 10.6 Å². The van der Waals surface area contributed by atoms with Crippen LogP contribution in [0.2, 0.25) is 0 Å². The van der Waals surface area contributed by atoms with Crippen molar-refractivity contribution >= 4 is 11.9 Å². The first-order valence-corrected chi connectivity index (χ1v) is 10.3. The second kappa shape index (κ2) is 10.3. The number of piperidine rings is 1. The summed E-state index contributed by atoms with van der Waals surface area (Å²) in [6.45, 7) is 8.06. The van der Waals surface area contributed by atoms with E-state index in [0.29, 0.717) is 6.04 Å². The molecule has 148 valence electrons. The first kappa shape index (κ1) is 19.7. The van der Waals surface area contributed by atoms with E-state index in [1.54, 1.807) is 0 Å². The maximum absolute atomic E-state index is 12.2. The molecule has 1 aromatic rings. The average Bonchev–Trinajstić information content (AvgIpc) is 3.23. The van der Waals surface area contributed by atoms with Crippen molar-refractivity contribution in [3.8, 4) is 0 Å². The summed E-state index contributed by atoms with van der Waals surface area (Å²) in [7, 11) is 0. The van der Waals surface area contributed by atoms with Crippen LogP contribution in [0.3, 0.4) is 0 Å². The molecule has 2 aliphatic rings. The second-order valence-electron chi connectivity index (χ2n) is 7.46. The van der Waals surface area contributed by atoms with Gasteiger partial charge in [-0.2, -0.15) is 0 Å². The second-order valence-corrected chi connectivity index (χ2v) is 7.46. The van der Waals surface area contributed by atoms with Gasteiger partial charge in [0.1, 0.15) is 6.54 Å². The van der Waals surface area contributed by atoms with Crippen LogP contribution >= 0.6 is 0 Å². The molecule has 0 aliphatic carbocycles. The summed E-state index contributed by atoms with van der Waals surface area (Å²) < 4.78 is 0. The number of hydrogen-bond donors (Lipinski definition) is 2. The molecular formula is C21H33N5O. The van der Waals surface area contributed by atoms with E-state index in [1.165, 1.54) is 5.56 Å². The minimum absolute atomic E-state index is 0.141. The molecule has 0 atom stereocenters.